The number of carbonyl (C=O) groups is 1. The third kappa shape index (κ3) is 4.21. The molecule has 0 spiro atoms. The van der Waals surface area contributed by atoms with Crippen molar-refractivity contribution in [2.75, 3.05) is 25.0 Å². The Kier molecular flexibility index (Phi) is 5.62. The average molecular weight is 290 g/mol. The minimum atomic E-state index is -0.254. The van der Waals surface area contributed by atoms with E-state index < -0.39 is 0 Å². The lowest BCUT2D eigenvalue weighted by Crippen LogP contribution is -2.32. The quantitative estimate of drug-likeness (QED) is 0.846. The van der Waals surface area contributed by atoms with Gasteiger partial charge in [-0.2, -0.15) is 0 Å². The number of nitrogens with one attached hydrogen (secondary N) is 1. The highest BCUT2D eigenvalue weighted by molar-refractivity contribution is 5.94. The van der Waals surface area contributed by atoms with Gasteiger partial charge in [-0.05, 0) is 43.5 Å². The second-order valence-corrected chi connectivity index (χ2v) is 5.94. The maximum Gasteiger partial charge on any atom is 0.251 e. The van der Waals surface area contributed by atoms with E-state index in [9.17, 15) is 9.90 Å². The van der Waals surface area contributed by atoms with Crippen LogP contribution in [0.5, 0.6) is 0 Å². The first-order valence-electron chi connectivity index (χ1n) is 7.89. The summed E-state index contributed by atoms with van der Waals surface area (Å²) in [5, 5.41) is 12.7. The van der Waals surface area contributed by atoms with Crippen molar-refractivity contribution in [1.29, 1.82) is 0 Å². The molecule has 0 heterocycles. The lowest BCUT2D eigenvalue weighted by Gasteiger charge is -2.19. The van der Waals surface area contributed by atoms with Crippen LogP contribution in [-0.4, -0.2) is 37.3 Å². The van der Waals surface area contributed by atoms with Crippen LogP contribution in [0.25, 0.3) is 0 Å². The number of anilines is 1. The van der Waals surface area contributed by atoms with E-state index in [1.165, 1.54) is 0 Å². The van der Waals surface area contributed by atoms with E-state index in [2.05, 4.69) is 24.2 Å². The van der Waals surface area contributed by atoms with E-state index in [1.807, 2.05) is 24.3 Å². The highest BCUT2D eigenvalue weighted by Crippen LogP contribution is 2.24. The number of nitrogens with zero attached hydrogens (tertiary/aromatic N) is 1. The van der Waals surface area contributed by atoms with Crippen molar-refractivity contribution in [2.24, 2.45) is 5.92 Å². The van der Waals surface area contributed by atoms with Gasteiger partial charge in [0.25, 0.3) is 5.91 Å². The highest BCUT2D eigenvalue weighted by atomic mass is 16.3. The maximum atomic E-state index is 12.1. The fourth-order valence-corrected chi connectivity index (χ4v) is 2.91. The lowest BCUT2D eigenvalue weighted by molar-refractivity contribution is 0.0917. The van der Waals surface area contributed by atoms with Gasteiger partial charge < -0.3 is 15.3 Å². The summed E-state index contributed by atoms with van der Waals surface area (Å²) < 4.78 is 0. The predicted octanol–water partition coefficient (Wildman–Crippen LogP) is 2.42. The first kappa shape index (κ1) is 15.8. The highest BCUT2D eigenvalue weighted by Gasteiger charge is 2.25. The van der Waals surface area contributed by atoms with E-state index in [0.29, 0.717) is 12.1 Å². The molecule has 116 valence electrons. The van der Waals surface area contributed by atoms with Gasteiger partial charge in [0, 0.05) is 37.3 Å². The van der Waals surface area contributed by atoms with E-state index in [1.54, 1.807) is 0 Å². The molecule has 1 fully saturated rings. The number of carbonyl (C=O) groups excluding carboxylic acids is 1. The molecular formula is C17H26N2O2. The summed E-state index contributed by atoms with van der Waals surface area (Å²) in [7, 11) is 2.06. The van der Waals surface area contributed by atoms with E-state index >= 15 is 0 Å². The van der Waals surface area contributed by atoms with Gasteiger partial charge >= 0.3 is 0 Å². The van der Waals surface area contributed by atoms with Crippen molar-refractivity contribution in [3.8, 4) is 0 Å². The van der Waals surface area contributed by atoms with Crippen LogP contribution in [0.4, 0.5) is 5.69 Å². The Morgan fingerprint density at radius 1 is 1.33 bits per heavy atom. The summed E-state index contributed by atoms with van der Waals surface area (Å²) in [6, 6.07) is 7.69. The molecule has 0 aromatic heterocycles. The van der Waals surface area contributed by atoms with Gasteiger partial charge in [0.2, 0.25) is 0 Å². The molecule has 4 nitrogen and oxygen atoms in total. The molecule has 1 saturated carbocycles. The minimum Gasteiger partial charge on any atom is -0.393 e. The molecule has 0 saturated heterocycles. The van der Waals surface area contributed by atoms with Crippen molar-refractivity contribution < 1.29 is 9.90 Å². The summed E-state index contributed by atoms with van der Waals surface area (Å²) in [4.78, 5) is 14.3. The molecule has 21 heavy (non-hydrogen) atoms. The Balaban J connectivity index is 1.87. The van der Waals surface area contributed by atoms with Gasteiger partial charge in [-0.25, -0.2) is 0 Å². The van der Waals surface area contributed by atoms with Crippen LogP contribution >= 0.6 is 0 Å². The molecule has 1 aromatic rings. The standard InChI is InChI=1S/C17H26N2O2/c1-3-11-19(2)15-9-7-13(8-10-15)17(21)18-12-14-5-4-6-16(14)20/h7-10,14,16,20H,3-6,11-12H2,1-2H3,(H,18,21). The second kappa shape index (κ2) is 7.46. The zero-order valence-corrected chi connectivity index (χ0v) is 13.0. The number of hydrogen-bond donors (Lipinski definition) is 2. The Bertz CT molecular complexity index is 458. The van der Waals surface area contributed by atoms with Crippen LogP contribution in [0.1, 0.15) is 43.0 Å². The predicted molar refractivity (Wildman–Crippen MR) is 85.7 cm³/mol. The molecule has 1 amide bonds. The number of amides is 1. The summed E-state index contributed by atoms with van der Waals surface area (Å²) in [5.41, 5.74) is 1.80. The maximum absolute atomic E-state index is 12.1. The summed E-state index contributed by atoms with van der Waals surface area (Å²) in [6.45, 7) is 3.72. The van der Waals surface area contributed by atoms with E-state index in [4.69, 9.17) is 0 Å². The Labute approximate surface area is 127 Å². The molecule has 1 aliphatic carbocycles. The number of aliphatic hydroxyl groups excluding tert-OH is 1. The van der Waals surface area contributed by atoms with Gasteiger partial charge in [-0.3, -0.25) is 4.79 Å². The van der Waals surface area contributed by atoms with Crippen LogP contribution in [0.15, 0.2) is 24.3 Å². The number of hydrogen-bond acceptors (Lipinski definition) is 3. The van der Waals surface area contributed by atoms with Crippen LogP contribution in [0, 0.1) is 5.92 Å². The zero-order valence-electron chi connectivity index (χ0n) is 13.0. The fraction of sp³-hybridized carbons (Fsp3) is 0.588. The molecule has 1 aliphatic rings. The van der Waals surface area contributed by atoms with Gasteiger partial charge in [-0.1, -0.05) is 13.3 Å². The van der Waals surface area contributed by atoms with Crippen LogP contribution in [0.3, 0.4) is 0 Å². The van der Waals surface area contributed by atoms with Gasteiger partial charge in [0.1, 0.15) is 0 Å². The Morgan fingerprint density at radius 2 is 2.05 bits per heavy atom. The smallest absolute Gasteiger partial charge is 0.251 e. The molecule has 2 atom stereocenters. The summed E-state index contributed by atoms with van der Waals surface area (Å²) in [5.74, 6) is 0.155. The van der Waals surface area contributed by atoms with Gasteiger partial charge in [0.05, 0.1) is 6.10 Å². The molecule has 2 rings (SSSR count). The normalized spacial score (nSPS) is 21.3. The first-order chi connectivity index (χ1) is 10.1. The van der Waals surface area contributed by atoms with Crippen LogP contribution in [0.2, 0.25) is 0 Å². The Morgan fingerprint density at radius 3 is 2.62 bits per heavy atom. The molecule has 4 heteroatoms. The van der Waals surface area contributed by atoms with Crippen molar-refractivity contribution in [1.82, 2.24) is 5.32 Å². The van der Waals surface area contributed by atoms with E-state index in [-0.39, 0.29) is 17.9 Å². The average Bonchev–Trinajstić information content (AvgIpc) is 2.90. The van der Waals surface area contributed by atoms with Gasteiger partial charge in [-0.15, -0.1) is 0 Å². The van der Waals surface area contributed by atoms with E-state index in [0.717, 1.165) is 37.9 Å². The van der Waals surface area contributed by atoms with Crippen molar-refractivity contribution in [3.63, 3.8) is 0 Å². The molecule has 2 unspecified atom stereocenters. The topological polar surface area (TPSA) is 52.6 Å². The third-order valence-corrected chi connectivity index (χ3v) is 4.27. The SMILES string of the molecule is CCCN(C)c1ccc(C(=O)NCC2CCCC2O)cc1. The lowest BCUT2D eigenvalue weighted by atomic mass is 10.1. The minimum absolute atomic E-state index is 0.0567. The monoisotopic (exact) mass is 290 g/mol. The number of rotatable bonds is 6. The molecule has 2 N–H and O–H groups in total. The molecule has 0 bridgehead atoms. The van der Waals surface area contributed by atoms with Crippen LogP contribution in [-0.2, 0) is 0 Å². The largest absolute Gasteiger partial charge is 0.393 e. The molecule has 0 radical (unpaired) electrons. The zero-order chi connectivity index (χ0) is 15.2. The fourth-order valence-electron chi connectivity index (χ4n) is 2.91. The first-order valence-corrected chi connectivity index (χ1v) is 7.89. The molecular weight excluding hydrogens is 264 g/mol. The summed E-state index contributed by atoms with van der Waals surface area (Å²) in [6.07, 6.45) is 3.76. The van der Waals surface area contributed by atoms with Crippen molar-refractivity contribution in [2.45, 2.75) is 38.7 Å². The third-order valence-electron chi connectivity index (χ3n) is 4.27. The number of aliphatic hydroxyl groups is 1. The molecule has 1 aromatic carbocycles. The number of benzene rings is 1. The van der Waals surface area contributed by atoms with Crippen LogP contribution < -0.4 is 10.2 Å². The molecule has 0 aliphatic heterocycles. The Hall–Kier alpha value is -1.55. The van der Waals surface area contributed by atoms with Gasteiger partial charge in [0.15, 0.2) is 0 Å². The van der Waals surface area contributed by atoms with Crippen molar-refractivity contribution in [3.05, 3.63) is 29.8 Å². The second-order valence-electron chi connectivity index (χ2n) is 5.94. The summed E-state index contributed by atoms with van der Waals surface area (Å²) >= 11 is 0. The van der Waals surface area contributed by atoms with Crippen molar-refractivity contribution >= 4 is 11.6 Å².